The first kappa shape index (κ1) is 10.2. The van der Waals surface area contributed by atoms with Crippen LogP contribution in [0.5, 0.6) is 0 Å². The molecule has 2 bridgehead atoms. The molecule has 0 aliphatic carbocycles. The van der Waals surface area contributed by atoms with Crippen molar-refractivity contribution in [1.29, 1.82) is 0 Å². The molecule has 3 aliphatic rings. The standard InChI is InChI=1S/C13H15F2N/c14-11-5-10(6-12(15)7-11)13-8-16-3-1-9(13)2-4-16/h5-7,9,13H,1-4,8H2. The van der Waals surface area contributed by atoms with Crippen molar-refractivity contribution in [3.63, 3.8) is 0 Å². The molecule has 1 unspecified atom stereocenters. The second-order valence-electron chi connectivity index (χ2n) is 4.95. The Morgan fingerprint density at radius 1 is 1.00 bits per heavy atom. The Kier molecular flexibility index (Phi) is 2.43. The zero-order valence-electron chi connectivity index (χ0n) is 9.13. The summed E-state index contributed by atoms with van der Waals surface area (Å²) in [6.45, 7) is 3.27. The molecule has 0 radical (unpaired) electrons. The SMILES string of the molecule is Fc1cc(F)cc(C2CN3CCC2CC3)c1. The summed E-state index contributed by atoms with van der Waals surface area (Å²) in [5.41, 5.74) is 0.840. The van der Waals surface area contributed by atoms with Crippen molar-refractivity contribution in [3.05, 3.63) is 35.4 Å². The van der Waals surface area contributed by atoms with Crippen LogP contribution in [0, 0.1) is 17.6 Å². The number of piperidine rings is 3. The largest absolute Gasteiger partial charge is 0.303 e. The van der Waals surface area contributed by atoms with Gasteiger partial charge in [-0.2, -0.15) is 0 Å². The maximum absolute atomic E-state index is 13.2. The molecular formula is C13H15F2N. The van der Waals surface area contributed by atoms with E-state index in [1.54, 1.807) is 0 Å². The quantitative estimate of drug-likeness (QED) is 0.707. The first-order valence-corrected chi connectivity index (χ1v) is 5.91. The second-order valence-corrected chi connectivity index (χ2v) is 4.95. The molecule has 0 N–H and O–H groups in total. The Bertz CT molecular complexity index is 377. The minimum atomic E-state index is -0.452. The van der Waals surface area contributed by atoms with Crippen molar-refractivity contribution < 1.29 is 8.78 Å². The number of rotatable bonds is 1. The molecule has 1 aromatic rings. The fourth-order valence-electron chi connectivity index (χ4n) is 3.13. The van der Waals surface area contributed by atoms with E-state index in [1.165, 1.54) is 25.0 Å². The van der Waals surface area contributed by atoms with Gasteiger partial charge in [0.15, 0.2) is 0 Å². The Balaban J connectivity index is 1.91. The number of nitrogens with zero attached hydrogens (tertiary/aromatic N) is 1. The summed E-state index contributed by atoms with van der Waals surface area (Å²) in [5.74, 6) is 0.0387. The Hall–Kier alpha value is -0.960. The fourth-order valence-corrected chi connectivity index (χ4v) is 3.13. The van der Waals surface area contributed by atoms with Gasteiger partial charge in [-0.15, -0.1) is 0 Å². The predicted molar refractivity (Wildman–Crippen MR) is 58.3 cm³/mol. The molecule has 1 atom stereocenters. The highest BCUT2D eigenvalue weighted by Gasteiger charge is 2.35. The van der Waals surface area contributed by atoms with Crippen molar-refractivity contribution in [2.75, 3.05) is 19.6 Å². The molecule has 3 saturated heterocycles. The van der Waals surface area contributed by atoms with Crippen molar-refractivity contribution in [1.82, 2.24) is 4.90 Å². The summed E-state index contributed by atoms with van der Waals surface area (Å²) in [7, 11) is 0. The summed E-state index contributed by atoms with van der Waals surface area (Å²) < 4.78 is 26.3. The molecule has 3 aliphatic heterocycles. The van der Waals surface area contributed by atoms with Crippen LogP contribution in [0.4, 0.5) is 8.78 Å². The molecule has 0 aromatic heterocycles. The van der Waals surface area contributed by atoms with Crippen LogP contribution in [-0.4, -0.2) is 24.5 Å². The van der Waals surface area contributed by atoms with Gasteiger partial charge in [0, 0.05) is 12.6 Å². The molecule has 3 fully saturated rings. The van der Waals surface area contributed by atoms with E-state index in [2.05, 4.69) is 4.90 Å². The van der Waals surface area contributed by atoms with E-state index < -0.39 is 11.6 Å². The fraction of sp³-hybridized carbons (Fsp3) is 0.538. The van der Waals surface area contributed by atoms with E-state index in [0.29, 0.717) is 11.8 Å². The van der Waals surface area contributed by atoms with Crippen LogP contribution in [0.15, 0.2) is 18.2 Å². The summed E-state index contributed by atoms with van der Waals surface area (Å²) in [5, 5.41) is 0. The predicted octanol–water partition coefficient (Wildman–Crippen LogP) is 2.77. The lowest BCUT2D eigenvalue weighted by Gasteiger charge is -2.45. The van der Waals surface area contributed by atoms with Crippen LogP contribution in [0.1, 0.15) is 24.3 Å². The van der Waals surface area contributed by atoms with Crippen molar-refractivity contribution in [2.45, 2.75) is 18.8 Å². The Labute approximate surface area is 94.1 Å². The van der Waals surface area contributed by atoms with E-state index in [9.17, 15) is 8.78 Å². The molecule has 16 heavy (non-hydrogen) atoms. The summed E-state index contributed by atoms with van der Waals surface area (Å²) in [6.07, 6.45) is 2.34. The Morgan fingerprint density at radius 3 is 2.12 bits per heavy atom. The van der Waals surface area contributed by atoms with Gasteiger partial charge < -0.3 is 4.90 Å². The number of hydrogen-bond donors (Lipinski definition) is 0. The van der Waals surface area contributed by atoms with E-state index in [0.717, 1.165) is 31.3 Å². The molecule has 86 valence electrons. The van der Waals surface area contributed by atoms with Crippen LogP contribution in [0.3, 0.4) is 0 Å². The topological polar surface area (TPSA) is 3.24 Å². The summed E-state index contributed by atoms with van der Waals surface area (Å²) in [6, 6.07) is 3.94. The second kappa shape index (κ2) is 3.81. The summed E-state index contributed by atoms with van der Waals surface area (Å²) >= 11 is 0. The van der Waals surface area contributed by atoms with Gasteiger partial charge in [-0.25, -0.2) is 8.78 Å². The highest BCUT2D eigenvalue weighted by Crippen LogP contribution is 2.39. The number of halogens is 2. The highest BCUT2D eigenvalue weighted by molar-refractivity contribution is 5.24. The van der Waals surface area contributed by atoms with Gasteiger partial charge in [-0.3, -0.25) is 0 Å². The number of benzene rings is 1. The van der Waals surface area contributed by atoms with Crippen LogP contribution in [-0.2, 0) is 0 Å². The van der Waals surface area contributed by atoms with Crippen LogP contribution in [0.25, 0.3) is 0 Å². The normalized spacial score (nSPS) is 33.0. The van der Waals surface area contributed by atoms with Crippen molar-refractivity contribution >= 4 is 0 Å². The average molecular weight is 223 g/mol. The first-order chi connectivity index (χ1) is 7.72. The molecule has 4 rings (SSSR count). The highest BCUT2D eigenvalue weighted by atomic mass is 19.1. The van der Waals surface area contributed by atoms with Crippen LogP contribution in [0.2, 0.25) is 0 Å². The lowest BCUT2D eigenvalue weighted by molar-refractivity contribution is 0.0868. The van der Waals surface area contributed by atoms with Crippen LogP contribution >= 0.6 is 0 Å². The van der Waals surface area contributed by atoms with Gasteiger partial charge in [0.05, 0.1) is 0 Å². The van der Waals surface area contributed by atoms with Gasteiger partial charge in [0.2, 0.25) is 0 Å². The van der Waals surface area contributed by atoms with Gasteiger partial charge in [0.25, 0.3) is 0 Å². The number of hydrogen-bond acceptors (Lipinski definition) is 1. The maximum Gasteiger partial charge on any atom is 0.126 e. The van der Waals surface area contributed by atoms with E-state index in [4.69, 9.17) is 0 Å². The number of fused-ring (bicyclic) bond motifs is 3. The maximum atomic E-state index is 13.2. The first-order valence-electron chi connectivity index (χ1n) is 5.91. The monoisotopic (exact) mass is 223 g/mol. The lowest BCUT2D eigenvalue weighted by Crippen LogP contribution is -2.46. The third kappa shape index (κ3) is 1.73. The van der Waals surface area contributed by atoms with E-state index in [1.807, 2.05) is 0 Å². The van der Waals surface area contributed by atoms with E-state index in [-0.39, 0.29) is 0 Å². The molecular weight excluding hydrogens is 208 g/mol. The van der Waals surface area contributed by atoms with Gasteiger partial charge >= 0.3 is 0 Å². The average Bonchev–Trinajstić information content (AvgIpc) is 2.29. The van der Waals surface area contributed by atoms with Gasteiger partial charge in [-0.1, -0.05) is 0 Å². The minimum absolute atomic E-state index is 0.327. The zero-order chi connectivity index (χ0) is 11.1. The van der Waals surface area contributed by atoms with Crippen molar-refractivity contribution in [3.8, 4) is 0 Å². The molecule has 3 heterocycles. The molecule has 0 saturated carbocycles. The third-order valence-corrected chi connectivity index (χ3v) is 3.97. The third-order valence-electron chi connectivity index (χ3n) is 3.97. The summed E-state index contributed by atoms with van der Waals surface area (Å²) in [4.78, 5) is 2.40. The smallest absolute Gasteiger partial charge is 0.126 e. The zero-order valence-corrected chi connectivity index (χ0v) is 9.13. The molecule has 1 nitrogen and oxygen atoms in total. The molecule has 1 aromatic carbocycles. The lowest BCUT2D eigenvalue weighted by atomic mass is 9.75. The Morgan fingerprint density at radius 2 is 1.62 bits per heavy atom. The van der Waals surface area contributed by atoms with E-state index >= 15 is 0 Å². The molecule has 3 heteroatoms. The molecule has 0 spiro atoms. The molecule has 0 amide bonds. The van der Waals surface area contributed by atoms with Gasteiger partial charge in [0.1, 0.15) is 11.6 Å². The minimum Gasteiger partial charge on any atom is -0.303 e. The van der Waals surface area contributed by atoms with Crippen LogP contribution < -0.4 is 0 Å². The van der Waals surface area contributed by atoms with Gasteiger partial charge in [-0.05, 0) is 55.5 Å². The van der Waals surface area contributed by atoms with Crippen molar-refractivity contribution in [2.24, 2.45) is 5.92 Å².